The molecule has 0 unspecified atom stereocenters. The Labute approximate surface area is 201 Å². The topological polar surface area (TPSA) is 84.3 Å². The number of nitrogens with one attached hydrogen (secondary N) is 2. The highest BCUT2D eigenvalue weighted by Gasteiger charge is 2.31. The van der Waals surface area contributed by atoms with Gasteiger partial charge in [0.1, 0.15) is 11.6 Å². The minimum Gasteiger partial charge on any atom is -0.406 e. The van der Waals surface area contributed by atoms with E-state index < -0.39 is 6.36 Å². The lowest BCUT2D eigenvalue weighted by molar-refractivity contribution is -0.274. The third kappa shape index (κ3) is 6.65. The smallest absolute Gasteiger partial charge is 0.406 e. The van der Waals surface area contributed by atoms with Crippen molar-refractivity contribution >= 4 is 23.1 Å². The summed E-state index contributed by atoms with van der Waals surface area (Å²) in [6.45, 7) is 3.56. The normalized spacial score (nSPS) is 16.1. The molecule has 2 N–H and O–H groups in total. The summed E-state index contributed by atoms with van der Waals surface area (Å²) in [5.41, 5.74) is 3.42. The fourth-order valence-electron chi connectivity index (χ4n) is 4.11. The van der Waals surface area contributed by atoms with E-state index in [0.717, 1.165) is 36.5 Å². The van der Waals surface area contributed by atoms with E-state index in [1.807, 2.05) is 32.3 Å². The number of hydrogen-bond acceptors (Lipinski definition) is 6. The van der Waals surface area contributed by atoms with Crippen LogP contribution in [-0.2, 0) is 18.4 Å². The molecule has 1 aliphatic heterocycles. The van der Waals surface area contributed by atoms with Crippen LogP contribution >= 0.6 is 0 Å². The van der Waals surface area contributed by atoms with Crippen LogP contribution in [0, 0.1) is 12.8 Å². The Morgan fingerprint density at radius 3 is 2.69 bits per heavy atom. The van der Waals surface area contributed by atoms with Crippen molar-refractivity contribution in [2.45, 2.75) is 32.7 Å². The van der Waals surface area contributed by atoms with Crippen molar-refractivity contribution in [2.24, 2.45) is 13.0 Å². The first-order valence-electron chi connectivity index (χ1n) is 11.3. The van der Waals surface area contributed by atoms with Gasteiger partial charge in [-0.3, -0.25) is 9.48 Å². The number of carbonyl (C=O) groups is 1. The highest BCUT2D eigenvalue weighted by Crippen LogP contribution is 2.27. The predicted octanol–water partition coefficient (Wildman–Crippen LogP) is 4.30. The number of hydrogen-bond donors (Lipinski definition) is 2. The van der Waals surface area contributed by atoms with E-state index in [4.69, 9.17) is 0 Å². The van der Waals surface area contributed by atoms with Gasteiger partial charge in [0, 0.05) is 50.8 Å². The summed E-state index contributed by atoms with van der Waals surface area (Å²) in [5, 5.41) is 10.5. The van der Waals surface area contributed by atoms with Gasteiger partial charge in [-0.25, -0.2) is 4.98 Å². The molecule has 35 heavy (non-hydrogen) atoms. The summed E-state index contributed by atoms with van der Waals surface area (Å²) in [6, 6.07) is 9.36. The van der Waals surface area contributed by atoms with E-state index in [1.54, 1.807) is 10.9 Å². The molecule has 0 bridgehead atoms. The molecule has 0 spiro atoms. The van der Waals surface area contributed by atoms with Gasteiger partial charge < -0.3 is 20.3 Å². The maximum Gasteiger partial charge on any atom is 0.573 e. The van der Waals surface area contributed by atoms with Gasteiger partial charge in [-0.15, -0.1) is 13.2 Å². The molecule has 0 saturated carbocycles. The van der Waals surface area contributed by atoms with Gasteiger partial charge in [-0.05, 0) is 43.5 Å². The number of aryl methyl sites for hydroxylation is 2. The number of ether oxygens (including phenoxy) is 1. The molecule has 0 aliphatic carbocycles. The first-order chi connectivity index (χ1) is 16.7. The lowest BCUT2D eigenvalue weighted by atomic mass is 9.96. The maximum atomic E-state index is 12.8. The molecule has 3 heterocycles. The summed E-state index contributed by atoms with van der Waals surface area (Å²) in [7, 11) is 1.86. The Kier molecular flexibility index (Phi) is 7.13. The molecule has 8 nitrogen and oxygen atoms in total. The monoisotopic (exact) mass is 488 g/mol. The zero-order valence-electron chi connectivity index (χ0n) is 19.5. The van der Waals surface area contributed by atoms with Crippen LogP contribution in [0.5, 0.6) is 5.75 Å². The van der Waals surface area contributed by atoms with Crippen molar-refractivity contribution in [3.8, 4) is 5.75 Å². The first-order valence-corrected chi connectivity index (χ1v) is 11.3. The van der Waals surface area contributed by atoms with Gasteiger partial charge in [-0.1, -0.05) is 12.1 Å². The van der Waals surface area contributed by atoms with Crippen molar-refractivity contribution in [2.75, 3.05) is 23.3 Å². The van der Waals surface area contributed by atoms with Crippen molar-refractivity contribution in [1.82, 2.24) is 20.1 Å². The van der Waals surface area contributed by atoms with Crippen molar-refractivity contribution in [3.05, 3.63) is 60.0 Å². The van der Waals surface area contributed by atoms with Gasteiger partial charge in [0.15, 0.2) is 0 Å². The molecular weight excluding hydrogens is 461 g/mol. The molecule has 0 radical (unpaired) electrons. The number of anilines is 3. The molecule has 4 rings (SSSR count). The van der Waals surface area contributed by atoms with Crippen molar-refractivity contribution in [1.29, 1.82) is 0 Å². The van der Waals surface area contributed by atoms with Crippen LogP contribution in [-0.4, -0.2) is 40.1 Å². The molecular formula is C24H27F3N6O2. The van der Waals surface area contributed by atoms with Crippen LogP contribution in [0.3, 0.4) is 0 Å². The number of halogens is 3. The van der Waals surface area contributed by atoms with Gasteiger partial charge >= 0.3 is 6.36 Å². The number of piperidine rings is 1. The quantitative estimate of drug-likeness (QED) is 0.516. The van der Waals surface area contributed by atoms with Crippen LogP contribution in [0.15, 0.2) is 48.8 Å². The lowest BCUT2D eigenvalue weighted by Gasteiger charge is -2.33. The van der Waals surface area contributed by atoms with Gasteiger partial charge in [0.2, 0.25) is 5.91 Å². The van der Waals surface area contributed by atoms with Crippen LogP contribution in [0.1, 0.15) is 24.1 Å². The summed E-state index contributed by atoms with van der Waals surface area (Å²) in [5.74, 6) is 0.133. The highest BCUT2D eigenvalue weighted by molar-refractivity contribution is 5.79. The number of rotatable bonds is 7. The fraction of sp³-hybridized carbons (Fsp3) is 0.375. The molecule has 1 fully saturated rings. The van der Waals surface area contributed by atoms with E-state index in [1.165, 1.54) is 24.3 Å². The van der Waals surface area contributed by atoms with E-state index in [-0.39, 0.29) is 24.1 Å². The summed E-state index contributed by atoms with van der Waals surface area (Å²) >= 11 is 0. The Hall–Kier alpha value is -3.76. The average Bonchev–Trinajstić information content (AvgIpc) is 3.14. The van der Waals surface area contributed by atoms with Crippen molar-refractivity contribution in [3.63, 3.8) is 0 Å². The van der Waals surface area contributed by atoms with Crippen LogP contribution < -0.4 is 20.3 Å². The summed E-state index contributed by atoms with van der Waals surface area (Å²) < 4.78 is 42.5. The molecule has 1 saturated heterocycles. The zero-order valence-corrected chi connectivity index (χ0v) is 19.5. The predicted molar refractivity (Wildman–Crippen MR) is 125 cm³/mol. The van der Waals surface area contributed by atoms with E-state index in [0.29, 0.717) is 17.9 Å². The molecule has 2 aromatic heterocycles. The number of nitrogens with zero attached hydrogens (tertiary/aromatic N) is 4. The van der Waals surface area contributed by atoms with Crippen LogP contribution in [0.4, 0.5) is 30.4 Å². The average molecular weight is 489 g/mol. The van der Waals surface area contributed by atoms with Crippen molar-refractivity contribution < 1.29 is 22.7 Å². The number of aromatic nitrogens is 3. The molecule has 186 valence electrons. The highest BCUT2D eigenvalue weighted by atomic mass is 19.4. The molecule has 1 atom stereocenters. The standard InChI is InChI=1S/C24H27F3N6O2/c1-16-21(15-32(2)31-16)30-22-12-19(9-10-28-22)33-11-3-4-18(14-33)23(34)29-13-17-5-7-20(8-6-17)35-24(25,26)27/h5-10,12,15,18H,3-4,11,13-14H2,1-2H3,(H,28,30)(H,29,34)/t18-/m0/s1. The Balaban J connectivity index is 1.33. The third-order valence-electron chi connectivity index (χ3n) is 5.80. The molecule has 11 heteroatoms. The Bertz CT molecular complexity index is 1160. The number of carbonyl (C=O) groups excluding carboxylic acids is 1. The van der Waals surface area contributed by atoms with Gasteiger partial charge in [0.25, 0.3) is 0 Å². The summed E-state index contributed by atoms with van der Waals surface area (Å²) in [6.07, 6.45) is 0.535. The first kappa shape index (κ1) is 24.4. The minimum atomic E-state index is -4.73. The zero-order chi connectivity index (χ0) is 25.0. The van der Waals surface area contributed by atoms with Gasteiger partial charge in [-0.2, -0.15) is 5.10 Å². The SMILES string of the molecule is Cc1nn(C)cc1Nc1cc(N2CCC[C@H](C(=O)NCc3ccc(OC(F)(F)F)cc3)C2)ccn1. The number of alkyl halides is 3. The van der Waals surface area contributed by atoms with Gasteiger partial charge in [0.05, 0.1) is 17.3 Å². The number of amides is 1. The van der Waals surface area contributed by atoms with E-state index in [9.17, 15) is 18.0 Å². The maximum absolute atomic E-state index is 12.8. The second-order valence-electron chi connectivity index (χ2n) is 8.52. The molecule has 1 amide bonds. The van der Waals surface area contributed by atoms with Crippen LogP contribution in [0.2, 0.25) is 0 Å². The Morgan fingerprint density at radius 1 is 1.23 bits per heavy atom. The fourth-order valence-corrected chi connectivity index (χ4v) is 4.11. The number of benzene rings is 1. The third-order valence-corrected chi connectivity index (χ3v) is 5.80. The van der Waals surface area contributed by atoms with Crippen LogP contribution in [0.25, 0.3) is 0 Å². The second-order valence-corrected chi connectivity index (χ2v) is 8.52. The van der Waals surface area contributed by atoms with E-state index in [2.05, 4.69) is 30.4 Å². The molecule has 1 aliphatic rings. The number of pyridine rings is 1. The molecule has 1 aromatic carbocycles. The molecule has 3 aromatic rings. The Morgan fingerprint density at radius 2 is 2.00 bits per heavy atom. The second kappa shape index (κ2) is 10.2. The largest absolute Gasteiger partial charge is 0.573 e. The minimum absolute atomic E-state index is 0.0799. The lowest BCUT2D eigenvalue weighted by Crippen LogP contribution is -2.43. The van der Waals surface area contributed by atoms with E-state index >= 15 is 0 Å². The summed E-state index contributed by atoms with van der Waals surface area (Å²) in [4.78, 5) is 19.4.